The molecule has 0 radical (unpaired) electrons. The van der Waals surface area contributed by atoms with Gasteiger partial charge in [-0.2, -0.15) is 0 Å². The van der Waals surface area contributed by atoms with E-state index in [0.29, 0.717) is 18.8 Å². The molecule has 4 heteroatoms. The Morgan fingerprint density at radius 1 is 1.23 bits per heavy atom. The highest BCUT2D eigenvalue weighted by atomic mass is 19.3. The van der Waals surface area contributed by atoms with Gasteiger partial charge in [0, 0.05) is 25.8 Å². The van der Waals surface area contributed by atoms with Crippen LogP contribution in [-0.4, -0.2) is 15.5 Å². The van der Waals surface area contributed by atoms with Crippen molar-refractivity contribution < 1.29 is 8.78 Å². The SMILES string of the molecule is CCCCc1nc2ccccc2n1CC1CCC(F)(F)CC1. The fraction of sp³-hybridized carbons (Fsp3) is 0.611. The second-order valence-electron chi connectivity index (χ2n) is 6.53. The Kier molecular flexibility index (Phi) is 4.46. The van der Waals surface area contributed by atoms with E-state index < -0.39 is 5.92 Å². The number of benzene rings is 1. The molecule has 1 saturated carbocycles. The summed E-state index contributed by atoms with van der Waals surface area (Å²) in [7, 11) is 0. The third-order valence-electron chi connectivity index (χ3n) is 4.77. The monoisotopic (exact) mass is 306 g/mol. The maximum absolute atomic E-state index is 13.3. The normalized spacial score (nSPS) is 18.9. The molecule has 0 amide bonds. The number of alkyl halides is 2. The van der Waals surface area contributed by atoms with Crippen molar-refractivity contribution in [2.45, 2.75) is 64.3 Å². The third-order valence-corrected chi connectivity index (χ3v) is 4.77. The van der Waals surface area contributed by atoms with Gasteiger partial charge < -0.3 is 4.57 Å². The van der Waals surface area contributed by atoms with Gasteiger partial charge in [0.1, 0.15) is 5.82 Å². The van der Waals surface area contributed by atoms with Gasteiger partial charge in [-0.05, 0) is 37.3 Å². The van der Waals surface area contributed by atoms with Crippen molar-refractivity contribution in [3.63, 3.8) is 0 Å². The highest BCUT2D eigenvalue weighted by Crippen LogP contribution is 2.37. The van der Waals surface area contributed by atoms with E-state index in [0.717, 1.165) is 42.7 Å². The fourth-order valence-electron chi connectivity index (χ4n) is 3.40. The topological polar surface area (TPSA) is 17.8 Å². The first-order valence-electron chi connectivity index (χ1n) is 8.41. The predicted octanol–water partition coefficient (Wildman–Crippen LogP) is 5.20. The lowest BCUT2D eigenvalue weighted by atomic mass is 9.86. The minimum atomic E-state index is -2.45. The van der Waals surface area contributed by atoms with Crippen LogP contribution in [0.1, 0.15) is 51.3 Å². The first-order valence-corrected chi connectivity index (χ1v) is 8.41. The largest absolute Gasteiger partial charge is 0.328 e. The molecule has 22 heavy (non-hydrogen) atoms. The maximum Gasteiger partial charge on any atom is 0.248 e. The molecule has 1 fully saturated rings. The fourth-order valence-corrected chi connectivity index (χ4v) is 3.40. The van der Waals surface area contributed by atoms with Gasteiger partial charge in [-0.25, -0.2) is 13.8 Å². The van der Waals surface area contributed by atoms with E-state index in [1.165, 1.54) is 0 Å². The van der Waals surface area contributed by atoms with Gasteiger partial charge in [-0.15, -0.1) is 0 Å². The summed E-state index contributed by atoms with van der Waals surface area (Å²) < 4.78 is 28.9. The summed E-state index contributed by atoms with van der Waals surface area (Å²) in [6, 6.07) is 8.16. The predicted molar refractivity (Wildman–Crippen MR) is 85.3 cm³/mol. The van der Waals surface area contributed by atoms with Gasteiger partial charge in [0.2, 0.25) is 5.92 Å². The van der Waals surface area contributed by atoms with Crippen LogP contribution in [0.2, 0.25) is 0 Å². The second kappa shape index (κ2) is 6.35. The summed E-state index contributed by atoms with van der Waals surface area (Å²) in [5.74, 6) is -0.989. The molecule has 1 aliphatic rings. The zero-order chi connectivity index (χ0) is 15.6. The maximum atomic E-state index is 13.3. The number of hydrogen-bond acceptors (Lipinski definition) is 1. The highest BCUT2D eigenvalue weighted by molar-refractivity contribution is 5.75. The standard InChI is InChI=1S/C18H24F2N2/c1-2-3-8-17-21-15-6-4-5-7-16(15)22(17)13-14-9-11-18(19,20)12-10-14/h4-7,14H,2-3,8-13H2,1H3. The number of imidazole rings is 1. The highest BCUT2D eigenvalue weighted by Gasteiger charge is 2.35. The molecule has 0 saturated heterocycles. The molecule has 0 bridgehead atoms. The van der Waals surface area contributed by atoms with Gasteiger partial charge >= 0.3 is 0 Å². The molecule has 0 N–H and O–H groups in total. The number of unbranched alkanes of at least 4 members (excludes halogenated alkanes) is 1. The van der Waals surface area contributed by atoms with Gasteiger partial charge in [-0.1, -0.05) is 25.5 Å². The zero-order valence-corrected chi connectivity index (χ0v) is 13.2. The number of nitrogens with zero attached hydrogens (tertiary/aromatic N) is 2. The first kappa shape index (κ1) is 15.4. The number of rotatable bonds is 5. The van der Waals surface area contributed by atoms with Crippen LogP contribution in [0.3, 0.4) is 0 Å². The second-order valence-corrected chi connectivity index (χ2v) is 6.53. The van der Waals surface area contributed by atoms with Crippen LogP contribution in [0.4, 0.5) is 8.78 Å². The smallest absolute Gasteiger partial charge is 0.248 e. The first-order chi connectivity index (χ1) is 10.6. The van der Waals surface area contributed by atoms with Crippen molar-refractivity contribution in [1.29, 1.82) is 0 Å². The molecule has 0 aliphatic heterocycles. The van der Waals surface area contributed by atoms with Crippen LogP contribution in [0, 0.1) is 5.92 Å². The molecule has 1 heterocycles. The third kappa shape index (κ3) is 3.31. The lowest BCUT2D eigenvalue weighted by Gasteiger charge is -2.29. The summed E-state index contributed by atoms with van der Waals surface area (Å²) in [5.41, 5.74) is 2.17. The Morgan fingerprint density at radius 3 is 2.68 bits per heavy atom. The molecule has 1 aromatic carbocycles. The summed E-state index contributed by atoms with van der Waals surface area (Å²) >= 11 is 0. The molecule has 1 aromatic heterocycles. The number of halogens is 2. The minimum absolute atomic E-state index is 0.0363. The molecule has 1 aliphatic carbocycles. The lowest BCUT2D eigenvalue weighted by Crippen LogP contribution is -2.27. The summed E-state index contributed by atoms with van der Waals surface area (Å²) in [6.45, 7) is 3.01. The van der Waals surface area contributed by atoms with Crippen LogP contribution in [0.15, 0.2) is 24.3 Å². The van der Waals surface area contributed by atoms with Crippen molar-refractivity contribution in [2.75, 3.05) is 0 Å². The Labute approximate surface area is 130 Å². The molecule has 2 aromatic rings. The van der Waals surface area contributed by atoms with E-state index in [-0.39, 0.29) is 12.8 Å². The van der Waals surface area contributed by atoms with E-state index in [4.69, 9.17) is 4.98 Å². The zero-order valence-electron chi connectivity index (χ0n) is 13.2. The van der Waals surface area contributed by atoms with Crippen LogP contribution < -0.4 is 0 Å². The number of aromatic nitrogens is 2. The van der Waals surface area contributed by atoms with Crippen molar-refractivity contribution >= 4 is 11.0 Å². The van der Waals surface area contributed by atoms with Gasteiger partial charge in [-0.3, -0.25) is 0 Å². The molecule has 3 rings (SSSR count). The molecule has 120 valence electrons. The van der Waals surface area contributed by atoms with E-state index >= 15 is 0 Å². The van der Waals surface area contributed by atoms with Crippen molar-refractivity contribution in [3.05, 3.63) is 30.1 Å². The van der Waals surface area contributed by atoms with Crippen LogP contribution in [0.25, 0.3) is 11.0 Å². The van der Waals surface area contributed by atoms with E-state index in [1.807, 2.05) is 18.2 Å². The number of fused-ring (bicyclic) bond motifs is 1. The van der Waals surface area contributed by atoms with Crippen molar-refractivity contribution in [1.82, 2.24) is 9.55 Å². The summed E-state index contributed by atoms with van der Waals surface area (Å²) in [4.78, 5) is 4.76. The quantitative estimate of drug-likeness (QED) is 0.742. The molecule has 0 unspecified atom stereocenters. The van der Waals surface area contributed by atoms with E-state index in [2.05, 4.69) is 17.6 Å². The van der Waals surface area contributed by atoms with Crippen LogP contribution >= 0.6 is 0 Å². The minimum Gasteiger partial charge on any atom is -0.328 e. The van der Waals surface area contributed by atoms with E-state index in [1.54, 1.807) is 0 Å². The van der Waals surface area contributed by atoms with Gasteiger partial charge in [0.15, 0.2) is 0 Å². The van der Waals surface area contributed by atoms with Crippen LogP contribution in [0.5, 0.6) is 0 Å². The molecule has 0 atom stereocenters. The van der Waals surface area contributed by atoms with Crippen molar-refractivity contribution in [2.24, 2.45) is 5.92 Å². The Morgan fingerprint density at radius 2 is 1.95 bits per heavy atom. The van der Waals surface area contributed by atoms with Gasteiger partial charge in [0.05, 0.1) is 11.0 Å². The molecular weight excluding hydrogens is 282 g/mol. The van der Waals surface area contributed by atoms with Crippen molar-refractivity contribution in [3.8, 4) is 0 Å². The summed E-state index contributed by atoms with van der Waals surface area (Å²) in [5, 5.41) is 0. The Bertz CT molecular complexity index is 623. The number of para-hydroxylation sites is 2. The molecular formula is C18H24F2N2. The van der Waals surface area contributed by atoms with Gasteiger partial charge in [0.25, 0.3) is 0 Å². The Hall–Kier alpha value is -1.45. The summed E-state index contributed by atoms with van der Waals surface area (Å²) in [6.07, 6.45) is 4.53. The Balaban J connectivity index is 1.82. The molecule has 2 nitrogen and oxygen atoms in total. The number of aryl methyl sites for hydroxylation is 1. The number of hydrogen-bond donors (Lipinski definition) is 0. The average Bonchev–Trinajstić information content (AvgIpc) is 2.85. The average molecular weight is 306 g/mol. The van der Waals surface area contributed by atoms with E-state index in [9.17, 15) is 8.78 Å². The molecule has 0 spiro atoms. The lowest BCUT2D eigenvalue weighted by molar-refractivity contribution is -0.0472. The van der Waals surface area contributed by atoms with Crippen LogP contribution in [-0.2, 0) is 13.0 Å².